The largest absolute Gasteiger partial charge is 0.325 e. The third kappa shape index (κ3) is 4.99. The molecule has 0 bridgehead atoms. The zero-order valence-corrected chi connectivity index (χ0v) is 10.1. The maximum Gasteiger partial charge on any atom is 0.224 e. The van der Waals surface area contributed by atoms with Crippen molar-refractivity contribution in [3.8, 4) is 0 Å². The van der Waals surface area contributed by atoms with Gasteiger partial charge in [0.1, 0.15) is 5.78 Å². The number of nitrogens with zero attached hydrogens (tertiary/aromatic N) is 1. The molecule has 0 saturated heterocycles. The van der Waals surface area contributed by atoms with E-state index in [1.807, 2.05) is 0 Å². The number of hydrogen-bond donors (Lipinski definition) is 1. The summed E-state index contributed by atoms with van der Waals surface area (Å²) in [5, 5.41) is 2.72. The van der Waals surface area contributed by atoms with Gasteiger partial charge in [0.2, 0.25) is 5.91 Å². The Hall–Kier alpha value is -1.28. The second kappa shape index (κ2) is 7.07. The summed E-state index contributed by atoms with van der Waals surface area (Å²) >= 11 is 0. The van der Waals surface area contributed by atoms with Crippen LogP contribution in [-0.4, -0.2) is 22.8 Å². The summed E-state index contributed by atoms with van der Waals surface area (Å²) in [4.78, 5) is 26.3. The number of Topliss-reactive ketones (excluding diaryl/α,β-unsaturated/α-hetero) is 1. The average molecular weight is 238 g/mol. The molecule has 0 saturated carbocycles. The van der Waals surface area contributed by atoms with Crippen molar-refractivity contribution in [3.05, 3.63) is 24.5 Å². The van der Waals surface area contributed by atoms with Crippen molar-refractivity contribution in [3.63, 3.8) is 0 Å². The quantitative estimate of drug-likeness (QED) is 0.766. The van der Waals surface area contributed by atoms with E-state index in [2.05, 4.69) is 19.5 Å². The second-order valence-corrected chi connectivity index (χ2v) is 3.79. The van der Waals surface area contributed by atoms with E-state index in [4.69, 9.17) is 0 Å². The second-order valence-electron chi connectivity index (χ2n) is 3.39. The molecule has 86 valence electrons. The minimum Gasteiger partial charge on any atom is -0.325 e. The number of rotatable bonds is 6. The molecule has 0 aliphatic heterocycles. The maximum atomic E-state index is 11.4. The van der Waals surface area contributed by atoms with E-state index in [1.54, 1.807) is 24.5 Å². The van der Waals surface area contributed by atoms with Crippen molar-refractivity contribution in [2.24, 2.45) is 0 Å². The van der Waals surface area contributed by atoms with Crippen molar-refractivity contribution in [1.82, 2.24) is 4.98 Å². The van der Waals surface area contributed by atoms with E-state index in [0.717, 1.165) is 0 Å². The first kappa shape index (κ1) is 12.8. The highest BCUT2D eigenvalue weighted by molar-refractivity contribution is 7.18. The lowest BCUT2D eigenvalue weighted by Crippen LogP contribution is -2.12. The number of anilines is 1. The summed E-state index contributed by atoms with van der Waals surface area (Å²) in [6, 6.07) is 3.53. The smallest absolute Gasteiger partial charge is 0.224 e. The normalized spacial score (nSPS) is 9.81. The molecule has 1 unspecified atom stereocenters. The summed E-state index contributed by atoms with van der Waals surface area (Å²) in [5.41, 5.74) is 0.685. The topological polar surface area (TPSA) is 59.1 Å². The molecule has 1 rings (SSSR count). The lowest BCUT2D eigenvalue weighted by Gasteiger charge is -2.03. The van der Waals surface area contributed by atoms with Gasteiger partial charge in [0, 0.05) is 25.2 Å². The standard InChI is InChI=1S/C11H15N2O2P/c14-10(8-16)4-1-5-11(15)13-9-3-2-6-12-7-9/h2-3,6-7H,1,4-5,8,16H2,(H,13,15). The number of amides is 1. The number of pyridine rings is 1. The number of carbonyl (C=O) groups excluding carboxylic acids is 2. The summed E-state index contributed by atoms with van der Waals surface area (Å²) in [6.45, 7) is 0. The Bertz CT molecular complexity index is 354. The number of carbonyl (C=O) groups is 2. The van der Waals surface area contributed by atoms with Crippen LogP contribution in [0.4, 0.5) is 5.69 Å². The van der Waals surface area contributed by atoms with Gasteiger partial charge in [-0.2, -0.15) is 0 Å². The van der Waals surface area contributed by atoms with E-state index >= 15 is 0 Å². The Balaban J connectivity index is 2.24. The average Bonchev–Trinajstić information content (AvgIpc) is 2.30. The van der Waals surface area contributed by atoms with Gasteiger partial charge in [-0.25, -0.2) is 0 Å². The summed E-state index contributed by atoms with van der Waals surface area (Å²) in [5.74, 6) is 0.0868. The Morgan fingerprint density at radius 2 is 2.19 bits per heavy atom. The molecule has 0 spiro atoms. The molecule has 1 N–H and O–H groups in total. The van der Waals surface area contributed by atoms with Gasteiger partial charge in [-0.15, -0.1) is 9.24 Å². The van der Waals surface area contributed by atoms with Gasteiger partial charge >= 0.3 is 0 Å². The summed E-state index contributed by atoms with van der Waals surface area (Å²) < 4.78 is 0. The van der Waals surface area contributed by atoms with Crippen molar-refractivity contribution < 1.29 is 9.59 Å². The van der Waals surface area contributed by atoms with E-state index in [1.165, 1.54) is 0 Å². The molecule has 16 heavy (non-hydrogen) atoms. The van der Waals surface area contributed by atoms with Gasteiger partial charge in [-0.3, -0.25) is 14.6 Å². The van der Waals surface area contributed by atoms with Crippen LogP contribution in [-0.2, 0) is 9.59 Å². The number of nitrogens with one attached hydrogen (secondary N) is 1. The molecule has 1 aromatic rings. The molecule has 0 fully saturated rings. The van der Waals surface area contributed by atoms with Crippen LogP contribution in [0.25, 0.3) is 0 Å². The number of hydrogen-bond acceptors (Lipinski definition) is 3. The van der Waals surface area contributed by atoms with Crippen LogP contribution in [0.5, 0.6) is 0 Å². The molecule has 1 amide bonds. The van der Waals surface area contributed by atoms with Crippen molar-refractivity contribution in [1.29, 1.82) is 0 Å². The van der Waals surface area contributed by atoms with Crippen LogP contribution in [0, 0.1) is 0 Å². The van der Waals surface area contributed by atoms with E-state index in [-0.39, 0.29) is 11.7 Å². The predicted molar refractivity (Wildman–Crippen MR) is 66.3 cm³/mol. The fourth-order valence-corrected chi connectivity index (χ4v) is 1.41. The molecule has 0 aliphatic rings. The van der Waals surface area contributed by atoms with Crippen LogP contribution < -0.4 is 5.32 Å². The molecule has 4 nitrogen and oxygen atoms in total. The zero-order chi connectivity index (χ0) is 11.8. The van der Waals surface area contributed by atoms with Crippen LogP contribution in [0.15, 0.2) is 24.5 Å². The fourth-order valence-electron chi connectivity index (χ4n) is 1.21. The fraction of sp³-hybridized carbons (Fsp3) is 0.364. The predicted octanol–water partition coefficient (Wildman–Crippen LogP) is 1.63. The van der Waals surface area contributed by atoms with Crippen LogP contribution >= 0.6 is 9.24 Å². The molecule has 1 atom stereocenters. The van der Waals surface area contributed by atoms with Crippen LogP contribution in [0.3, 0.4) is 0 Å². The summed E-state index contributed by atoms with van der Waals surface area (Å²) in [6.07, 6.45) is 5.12. The highest BCUT2D eigenvalue weighted by Gasteiger charge is 2.04. The van der Waals surface area contributed by atoms with Gasteiger partial charge in [-0.05, 0) is 18.6 Å². The van der Waals surface area contributed by atoms with Crippen LogP contribution in [0.1, 0.15) is 19.3 Å². The molecule has 0 radical (unpaired) electrons. The van der Waals surface area contributed by atoms with Crippen molar-refractivity contribution in [2.45, 2.75) is 19.3 Å². The zero-order valence-electron chi connectivity index (χ0n) is 8.98. The minimum absolute atomic E-state index is 0.0791. The van der Waals surface area contributed by atoms with Gasteiger partial charge in [-0.1, -0.05) is 0 Å². The molecular formula is C11H15N2O2P. The molecule has 5 heteroatoms. The Morgan fingerprint density at radius 3 is 2.81 bits per heavy atom. The Labute approximate surface area is 97.0 Å². The molecule has 0 aliphatic carbocycles. The lowest BCUT2D eigenvalue weighted by molar-refractivity contribution is -0.117. The highest BCUT2D eigenvalue weighted by Crippen LogP contribution is 2.05. The van der Waals surface area contributed by atoms with Gasteiger partial charge < -0.3 is 5.32 Å². The Morgan fingerprint density at radius 1 is 1.38 bits per heavy atom. The van der Waals surface area contributed by atoms with Gasteiger partial charge in [0.15, 0.2) is 0 Å². The first-order valence-corrected chi connectivity index (χ1v) is 5.95. The maximum absolute atomic E-state index is 11.4. The van der Waals surface area contributed by atoms with E-state index < -0.39 is 0 Å². The van der Waals surface area contributed by atoms with Crippen molar-refractivity contribution in [2.75, 3.05) is 11.5 Å². The first-order chi connectivity index (χ1) is 7.72. The third-order valence-electron chi connectivity index (χ3n) is 2.03. The van der Waals surface area contributed by atoms with E-state index in [9.17, 15) is 9.59 Å². The molecule has 1 aromatic heterocycles. The summed E-state index contributed by atoms with van der Waals surface area (Å²) in [7, 11) is 2.39. The molecule has 1 heterocycles. The molecule has 0 aromatic carbocycles. The SMILES string of the molecule is O=C(CP)CCCC(=O)Nc1cccnc1. The third-order valence-corrected chi connectivity index (χ3v) is 2.49. The number of aromatic nitrogens is 1. The monoisotopic (exact) mass is 238 g/mol. The van der Waals surface area contributed by atoms with Gasteiger partial charge in [0.25, 0.3) is 0 Å². The number of ketones is 1. The molecular weight excluding hydrogens is 223 g/mol. The first-order valence-electron chi connectivity index (χ1n) is 5.14. The Kier molecular flexibility index (Phi) is 5.65. The van der Waals surface area contributed by atoms with E-state index in [0.29, 0.717) is 31.1 Å². The highest BCUT2D eigenvalue weighted by atomic mass is 31.0. The van der Waals surface area contributed by atoms with Gasteiger partial charge in [0.05, 0.1) is 11.9 Å². The van der Waals surface area contributed by atoms with Crippen LogP contribution in [0.2, 0.25) is 0 Å². The van der Waals surface area contributed by atoms with Crippen molar-refractivity contribution >= 4 is 26.6 Å². The lowest BCUT2D eigenvalue weighted by atomic mass is 10.2. The minimum atomic E-state index is -0.0791.